The van der Waals surface area contributed by atoms with Crippen molar-refractivity contribution in [1.29, 1.82) is 0 Å². The first-order chi connectivity index (χ1) is 11.4. The third kappa shape index (κ3) is 3.90. The van der Waals surface area contributed by atoms with Crippen LogP contribution in [0, 0.1) is 0 Å². The lowest BCUT2D eigenvalue weighted by atomic mass is 10.2. The topological polar surface area (TPSA) is 64.0 Å². The Morgan fingerprint density at radius 2 is 1.88 bits per heavy atom. The lowest BCUT2D eigenvalue weighted by Gasteiger charge is -2.10. The number of nitrogens with zero attached hydrogens (tertiary/aromatic N) is 2. The highest BCUT2D eigenvalue weighted by molar-refractivity contribution is 7.92. The number of aromatic nitrogens is 2. The highest BCUT2D eigenvalue weighted by atomic mass is 35.5. The molecule has 0 atom stereocenters. The van der Waals surface area contributed by atoms with Gasteiger partial charge in [0.25, 0.3) is 10.0 Å². The second kappa shape index (κ2) is 6.84. The summed E-state index contributed by atoms with van der Waals surface area (Å²) in [5, 5.41) is 4.62. The zero-order valence-electron chi connectivity index (χ0n) is 12.4. The zero-order chi connectivity index (χ0) is 17.2. The molecule has 124 valence electrons. The van der Waals surface area contributed by atoms with E-state index in [0.29, 0.717) is 17.3 Å². The molecule has 1 heterocycles. The van der Waals surface area contributed by atoms with E-state index in [-0.39, 0.29) is 9.92 Å². The van der Waals surface area contributed by atoms with Gasteiger partial charge in [0.15, 0.2) is 0 Å². The average molecular weight is 382 g/mol. The van der Waals surface area contributed by atoms with Crippen molar-refractivity contribution in [3.63, 3.8) is 0 Å². The molecule has 0 amide bonds. The van der Waals surface area contributed by atoms with Gasteiger partial charge in [0.05, 0.1) is 21.5 Å². The quantitative estimate of drug-likeness (QED) is 0.725. The fourth-order valence-electron chi connectivity index (χ4n) is 2.17. The van der Waals surface area contributed by atoms with Crippen LogP contribution in [0.5, 0.6) is 0 Å². The van der Waals surface area contributed by atoms with Gasteiger partial charge in [-0.2, -0.15) is 5.10 Å². The summed E-state index contributed by atoms with van der Waals surface area (Å²) in [4.78, 5) is 0.0504. The Kier molecular flexibility index (Phi) is 4.80. The number of benzene rings is 2. The molecule has 0 unspecified atom stereocenters. The van der Waals surface area contributed by atoms with Gasteiger partial charge in [0, 0.05) is 18.1 Å². The van der Waals surface area contributed by atoms with Crippen LogP contribution in [0.3, 0.4) is 0 Å². The Labute approximate surface area is 149 Å². The Bertz CT molecular complexity index is 957. The maximum absolute atomic E-state index is 12.5. The van der Waals surface area contributed by atoms with Gasteiger partial charge in [-0.15, -0.1) is 0 Å². The van der Waals surface area contributed by atoms with Crippen LogP contribution in [-0.4, -0.2) is 18.2 Å². The molecule has 24 heavy (non-hydrogen) atoms. The van der Waals surface area contributed by atoms with Crippen LogP contribution in [0.15, 0.2) is 65.8 Å². The predicted octanol–water partition coefficient (Wildman–Crippen LogP) is 4.04. The van der Waals surface area contributed by atoms with E-state index >= 15 is 0 Å². The molecule has 1 aromatic heterocycles. The van der Waals surface area contributed by atoms with Crippen molar-refractivity contribution in [2.45, 2.75) is 11.4 Å². The van der Waals surface area contributed by atoms with Crippen LogP contribution < -0.4 is 4.72 Å². The Balaban J connectivity index is 1.83. The first kappa shape index (κ1) is 16.8. The van der Waals surface area contributed by atoms with E-state index in [1.54, 1.807) is 29.1 Å². The van der Waals surface area contributed by atoms with Gasteiger partial charge in [-0.05, 0) is 42.0 Å². The minimum atomic E-state index is -3.75. The molecule has 0 saturated heterocycles. The number of halogens is 2. The second-order valence-corrected chi connectivity index (χ2v) is 7.58. The SMILES string of the molecule is O=S(=O)(Nc1cccc(Cn2cccn2)c1)c1ccc(Cl)c(Cl)c1. The smallest absolute Gasteiger partial charge is 0.261 e. The molecule has 8 heteroatoms. The number of nitrogens with one attached hydrogen (secondary N) is 1. The molecule has 0 aliphatic carbocycles. The fourth-order valence-corrected chi connectivity index (χ4v) is 3.61. The van der Waals surface area contributed by atoms with Crippen molar-refractivity contribution < 1.29 is 8.42 Å². The number of hydrogen-bond donors (Lipinski definition) is 1. The van der Waals surface area contributed by atoms with Crippen LogP contribution in [0.1, 0.15) is 5.56 Å². The van der Waals surface area contributed by atoms with E-state index in [4.69, 9.17) is 23.2 Å². The van der Waals surface area contributed by atoms with Gasteiger partial charge in [-0.3, -0.25) is 9.40 Å². The highest BCUT2D eigenvalue weighted by Crippen LogP contribution is 2.26. The number of anilines is 1. The molecule has 0 fully saturated rings. The molecule has 0 aliphatic heterocycles. The Morgan fingerprint density at radius 3 is 2.58 bits per heavy atom. The minimum Gasteiger partial charge on any atom is -0.280 e. The first-order valence-corrected chi connectivity index (χ1v) is 9.22. The molecule has 0 radical (unpaired) electrons. The molecule has 0 aliphatic rings. The Morgan fingerprint density at radius 1 is 1.04 bits per heavy atom. The highest BCUT2D eigenvalue weighted by Gasteiger charge is 2.16. The van der Waals surface area contributed by atoms with Crippen LogP contribution in [0.4, 0.5) is 5.69 Å². The van der Waals surface area contributed by atoms with E-state index in [0.717, 1.165) is 5.56 Å². The summed E-state index contributed by atoms with van der Waals surface area (Å²) in [5.41, 5.74) is 1.39. The predicted molar refractivity (Wildman–Crippen MR) is 95.0 cm³/mol. The molecule has 1 N–H and O–H groups in total. The van der Waals surface area contributed by atoms with Crippen LogP contribution in [0.25, 0.3) is 0 Å². The van der Waals surface area contributed by atoms with E-state index < -0.39 is 10.0 Å². The van der Waals surface area contributed by atoms with Crippen molar-refractivity contribution >= 4 is 38.9 Å². The summed E-state index contributed by atoms with van der Waals surface area (Å²) in [6, 6.07) is 13.1. The maximum atomic E-state index is 12.5. The van der Waals surface area contributed by atoms with Gasteiger partial charge in [0.1, 0.15) is 0 Å². The zero-order valence-corrected chi connectivity index (χ0v) is 14.7. The van der Waals surface area contributed by atoms with Gasteiger partial charge in [0.2, 0.25) is 0 Å². The van der Waals surface area contributed by atoms with Gasteiger partial charge < -0.3 is 0 Å². The molecule has 2 aromatic carbocycles. The molecule has 0 spiro atoms. The monoisotopic (exact) mass is 381 g/mol. The summed E-state index contributed by atoms with van der Waals surface area (Å²) in [7, 11) is -3.75. The minimum absolute atomic E-state index is 0.0504. The standard InChI is InChI=1S/C16H13Cl2N3O2S/c17-15-6-5-14(10-16(15)18)24(22,23)20-13-4-1-3-12(9-13)11-21-8-2-7-19-21/h1-10,20H,11H2. The average Bonchev–Trinajstić information content (AvgIpc) is 3.03. The third-order valence-electron chi connectivity index (χ3n) is 3.28. The molecule has 3 rings (SSSR count). The van der Waals surface area contributed by atoms with E-state index in [1.165, 1.54) is 18.2 Å². The molecule has 5 nitrogen and oxygen atoms in total. The molecule has 0 saturated carbocycles. The van der Waals surface area contributed by atoms with E-state index in [2.05, 4.69) is 9.82 Å². The van der Waals surface area contributed by atoms with Crippen LogP contribution in [-0.2, 0) is 16.6 Å². The van der Waals surface area contributed by atoms with Crippen molar-refractivity contribution in [2.24, 2.45) is 0 Å². The summed E-state index contributed by atoms with van der Waals surface area (Å²) >= 11 is 11.7. The summed E-state index contributed by atoms with van der Waals surface area (Å²) in [6.07, 6.45) is 3.53. The maximum Gasteiger partial charge on any atom is 0.261 e. The second-order valence-electron chi connectivity index (χ2n) is 5.09. The number of hydrogen-bond acceptors (Lipinski definition) is 3. The number of sulfonamides is 1. The van der Waals surface area contributed by atoms with Crippen molar-refractivity contribution in [2.75, 3.05) is 4.72 Å². The lowest BCUT2D eigenvalue weighted by Crippen LogP contribution is -2.13. The summed E-state index contributed by atoms with van der Waals surface area (Å²) in [6.45, 7) is 0.551. The fraction of sp³-hybridized carbons (Fsp3) is 0.0625. The summed E-state index contributed by atoms with van der Waals surface area (Å²) in [5.74, 6) is 0. The van der Waals surface area contributed by atoms with E-state index in [9.17, 15) is 8.42 Å². The number of rotatable bonds is 5. The summed E-state index contributed by atoms with van der Waals surface area (Å²) < 4.78 is 29.2. The molecule has 0 bridgehead atoms. The van der Waals surface area contributed by atoms with Crippen molar-refractivity contribution in [3.8, 4) is 0 Å². The van der Waals surface area contributed by atoms with Gasteiger partial charge in [-0.1, -0.05) is 35.3 Å². The normalized spacial score (nSPS) is 11.4. The third-order valence-corrected chi connectivity index (χ3v) is 5.40. The van der Waals surface area contributed by atoms with Crippen molar-refractivity contribution in [1.82, 2.24) is 9.78 Å². The molecule has 3 aromatic rings. The lowest BCUT2D eigenvalue weighted by molar-refractivity contribution is 0.601. The molecular formula is C16H13Cl2N3O2S. The van der Waals surface area contributed by atoms with Gasteiger partial charge >= 0.3 is 0 Å². The largest absolute Gasteiger partial charge is 0.280 e. The van der Waals surface area contributed by atoms with Crippen molar-refractivity contribution in [3.05, 3.63) is 76.5 Å². The van der Waals surface area contributed by atoms with E-state index in [1.807, 2.05) is 18.3 Å². The molecular weight excluding hydrogens is 369 g/mol. The van der Waals surface area contributed by atoms with Crippen LogP contribution >= 0.6 is 23.2 Å². The Hall–Kier alpha value is -2.02. The first-order valence-electron chi connectivity index (χ1n) is 6.98. The van der Waals surface area contributed by atoms with Gasteiger partial charge in [-0.25, -0.2) is 8.42 Å². The van der Waals surface area contributed by atoms with Crippen LogP contribution in [0.2, 0.25) is 10.0 Å².